The van der Waals surface area contributed by atoms with Crippen LogP contribution in [0.1, 0.15) is 6.92 Å². The lowest BCUT2D eigenvalue weighted by Crippen LogP contribution is -2.18. The van der Waals surface area contributed by atoms with Gasteiger partial charge in [0.05, 0.1) is 6.61 Å². The normalized spacial score (nSPS) is 24.6. The van der Waals surface area contributed by atoms with Crippen molar-refractivity contribution >= 4 is 0 Å². The summed E-state index contributed by atoms with van der Waals surface area (Å²) >= 11 is 0. The van der Waals surface area contributed by atoms with Crippen molar-refractivity contribution < 1.29 is 4.74 Å². The van der Waals surface area contributed by atoms with E-state index in [1.165, 1.54) is 22.3 Å². The standard InChI is InChI=1S/C16H16O/c1-2-17-11-14-10-9-13-6-3-5-12-7-4-8-15(14)16(12)13/h3-10,16H,2,11H2,1H3. The smallest absolute Gasteiger partial charge is 0.0719 e. The lowest BCUT2D eigenvalue weighted by atomic mass is 9.74. The van der Waals surface area contributed by atoms with Crippen LogP contribution in [0.25, 0.3) is 0 Å². The molecule has 86 valence electrons. The number of hydrogen-bond acceptors (Lipinski definition) is 1. The summed E-state index contributed by atoms with van der Waals surface area (Å²) in [5.41, 5.74) is 5.48. The highest BCUT2D eigenvalue weighted by Gasteiger charge is 2.27. The molecule has 0 bridgehead atoms. The number of rotatable bonds is 3. The van der Waals surface area contributed by atoms with E-state index in [1.54, 1.807) is 0 Å². The van der Waals surface area contributed by atoms with Crippen molar-refractivity contribution in [2.24, 2.45) is 5.92 Å². The molecule has 3 aliphatic carbocycles. The predicted molar refractivity (Wildman–Crippen MR) is 70.6 cm³/mol. The maximum absolute atomic E-state index is 5.54. The minimum atomic E-state index is 0.436. The Kier molecular flexibility index (Phi) is 2.69. The van der Waals surface area contributed by atoms with Gasteiger partial charge in [0, 0.05) is 12.5 Å². The van der Waals surface area contributed by atoms with Gasteiger partial charge in [0.25, 0.3) is 0 Å². The summed E-state index contributed by atoms with van der Waals surface area (Å²) in [6.07, 6.45) is 17.5. The van der Waals surface area contributed by atoms with Crippen LogP contribution >= 0.6 is 0 Å². The third-order valence-corrected chi connectivity index (χ3v) is 3.43. The molecular weight excluding hydrogens is 208 g/mol. The minimum Gasteiger partial charge on any atom is -0.377 e. The van der Waals surface area contributed by atoms with E-state index in [4.69, 9.17) is 4.74 Å². The lowest BCUT2D eigenvalue weighted by Gasteiger charge is -2.30. The van der Waals surface area contributed by atoms with Crippen molar-refractivity contribution in [3.8, 4) is 0 Å². The predicted octanol–water partition coefficient (Wildman–Crippen LogP) is 3.50. The van der Waals surface area contributed by atoms with Gasteiger partial charge in [-0.15, -0.1) is 0 Å². The third kappa shape index (κ3) is 1.77. The van der Waals surface area contributed by atoms with E-state index in [-0.39, 0.29) is 0 Å². The van der Waals surface area contributed by atoms with Crippen LogP contribution in [0.4, 0.5) is 0 Å². The molecule has 0 aromatic carbocycles. The first-order valence-electron chi connectivity index (χ1n) is 6.15. The molecule has 1 unspecified atom stereocenters. The topological polar surface area (TPSA) is 9.23 Å². The Balaban J connectivity index is 2.01. The van der Waals surface area contributed by atoms with Crippen LogP contribution < -0.4 is 0 Å². The summed E-state index contributed by atoms with van der Waals surface area (Å²) in [6.45, 7) is 3.52. The molecule has 0 spiro atoms. The van der Waals surface area contributed by atoms with Crippen molar-refractivity contribution in [2.45, 2.75) is 6.92 Å². The number of allylic oxidation sites excluding steroid dienone is 10. The van der Waals surface area contributed by atoms with Crippen molar-refractivity contribution in [3.63, 3.8) is 0 Å². The molecule has 0 N–H and O–H groups in total. The largest absolute Gasteiger partial charge is 0.377 e. The van der Waals surface area contributed by atoms with E-state index in [1.807, 2.05) is 6.92 Å². The van der Waals surface area contributed by atoms with E-state index in [0.29, 0.717) is 12.5 Å². The summed E-state index contributed by atoms with van der Waals surface area (Å²) in [5.74, 6) is 0.436. The maximum Gasteiger partial charge on any atom is 0.0719 e. The molecule has 0 radical (unpaired) electrons. The molecule has 0 heterocycles. The van der Waals surface area contributed by atoms with E-state index in [0.717, 1.165) is 6.61 Å². The highest BCUT2D eigenvalue weighted by Crippen LogP contribution is 2.40. The Hall–Kier alpha value is -1.60. The number of hydrogen-bond donors (Lipinski definition) is 0. The monoisotopic (exact) mass is 224 g/mol. The Bertz CT molecular complexity index is 502. The second kappa shape index (κ2) is 4.34. The molecule has 0 aliphatic heterocycles. The Morgan fingerprint density at radius 1 is 1.00 bits per heavy atom. The molecule has 3 aliphatic rings. The summed E-state index contributed by atoms with van der Waals surface area (Å²) < 4.78 is 5.54. The molecule has 1 heteroatoms. The summed E-state index contributed by atoms with van der Waals surface area (Å²) in [4.78, 5) is 0. The quantitative estimate of drug-likeness (QED) is 0.713. The molecule has 0 amide bonds. The van der Waals surface area contributed by atoms with E-state index >= 15 is 0 Å². The molecule has 1 atom stereocenters. The molecule has 17 heavy (non-hydrogen) atoms. The minimum absolute atomic E-state index is 0.436. The third-order valence-electron chi connectivity index (χ3n) is 3.43. The van der Waals surface area contributed by atoms with Gasteiger partial charge >= 0.3 is 0 Å². The molecule has 0 aromatic heterocycles. The zero-order valence-corrected chi connectivity index (χ0v) is 10.0. The van der Waals surface area contributed by atoms with Crippen molar-refractivity contribution in [1.29, 1.82) is 0 Å². The van der Waals surface area contributed by atoms with Crippen LogP contribution in [0, 0.1) is 5.92 Å². The Labute approximate surface area is 102 Å². The first-order chi connectivity index (χ1) is 8.40. The van der Waals surface area contributed by atoms with Gasteiger partial charge in [0.15, 0.2) is 0 Å². The van der Waals surface area contributed by atoms with Crippen LogP contribution in [0.3, 0.4) is 0 Å². The molecule has 0 saturated heterocycles. The molecule has 3 rings (SSSR count). The van der Waals surface area contributed by atoms with Gasteiger partial charge in [0.1, 0.15) is 0 Å². The summed E-state index contributed by atoms with van der Waals surface area (Å²) in [5, 5.41) is 0. The van der Waals surface area contributed by atoms with Crippen LogP contribution in [0.15, 0.2) is 70.9 Å². The fraction of sp³-hybridized carbons (Fsp3) is 0.250. The summed E-state index contributed by atoms with van der Waals surface area (Å²) in [7, 11) is 0. The zero-order chi connectivity index (χ0) is 11.7. The van der Waals surface area contributed by atoms with Gasteiger partial charge in [-0.3, -0.25) is 0 Å². The first kappa shape index (κ1) is 10.5. The SMILES string of the molecule is CCOCC1=C2C=CC=C3C=CC=C(C=C1)C32. The Morgan fingerprint density at radius 2 is 1.76 bits per heavy atom. The van der Waals surface area contributed by atoms with Crippen LogP contribution in [-0.4, -0.2) is 13.2 Å². The average molecular weight is 224 g/mol. The lowest BCUT2D eigenvalue weighted by molar-refractivity contribution is 0.172. The highest BCUT2D eigenvalue weighted by molar-refractivity contribution is 5.60. The molecule has 1 nitrogen and oxygen atoms in total. The van der Waals surface area contributed by atoms with E-state index in [9.17, 15) is 0 Å². The average Bonchev–Trinajstić information content (AvgIpc) is 2.39. The van der Waals surface area contributed by atoms with Crippen molar-refractivity contribution in [1.82, 2.24) is 0 Å². The second-order valence-corrected chi connectivity index (χ2v) is 4.44. The van der Waals surface area contributed by atoms with Crippen LogP contribution in [0.5, 0.6) is 0 Å². The fourth-order valence-electron chi connectivity index (χ4n) is 2.61. The maximum atomic E-state index is 5.54. The Morgan fingerprint density at radius 3 is 2.59 bits per heavy atom. The molecular formula is C16H16O. The van der Waals surface area contributed by atoms with Crippen molar-refractivity contribution in [2.75, 3.05) is 13.2 Å². The summed E-state index contributed by atoms with van der Waals surface area (Å²) in [6, 6.07) is 0. The van der Waals surface area contributed by atoms with Gasteiger partial charge in [-0.2, -0.15) is 0 Å². The van der Waals surface area contributed by atoms with Crippen LogP contribution in [0.2, 0.25) is 0 Å². The second-order valence-electron chi connectivity index (χ2n) is 4.44. The first-order valence-corrected chi connectivity index (χ1v) is 6.15. The zero-order valence-electron chi connectivity index (χ0n) is 10.0. The van der Waals surface area contributed by atoms with Gasteiger partial charge in [-0.05, 0) is 29.2 Å². The fourth-order valence-corrected chi connectivity index (χ4v) is 2.61. The van der Waals surface area contributed by atoms with Gasteiger partial charge in [0.2, 0.25) is 0 Å². The molecule has 0 fully saturated rings. The van der Waals surface area contributed by atoms with Crippen molar-refractivity contribution in [3.05, 3.63) is 70.9 Å². The highest BCUT2D eigenvalue weighted by atomic mass is 16.5. The van der Waals surface area contributed by atoms with E-state index < -0.39 is 0 Å². The molecule has 0 aromatic rings. The van der Waals surface area contributed by atoms with Gasteiger partial charge in [-0.1, -0.05) is 48.6 Å². The molecule has 0 saturated carbocycles. The number of ether oxygens (including phenoxy) is 1. The van der Waals surface area contributed by atoms with E-state index in [2.05, 4.69) is 48.6 Å². The van der Waals surface area contributed by atoms with Gasteiger partial charge < -0.3 is 4.74 Å². The van der Waals surface area contributed by atoms with Gasteiger partial charge in [-0.25, -0.2) is 0 Å². The van der Waals surface area contributed by atoms with Crippen LogP contribution in [-0.2, 0) is 4.74 Å².